The Bertz CT molecular complexity index is 476. The van der Waals surface area contributed by atoms with Gasteiger partial charge in [-0.25, -0.2) is 0 Å². The molecular weight excluding hydrogens is 292 g/mol. The van der Waals surface area contributed by atoms with Gasteiger partial charge in [-0.2, -0.15) is 0 Å². The smallest absolute Gasteiger partial charge is 0.257 e. The number of rotatable bonds is 8. The molecule has 1 fully saturated rings. The summed E-state index contributed by atoms with van der Waals surface area (Å²) in [6.07, 6.45) is 4.92. The zero-order valence-corrected chi connectivity index (χ0v) is 14.2. The van der Waals surface area contributed by atoms with E-state index in [1.165, 1.54) is 25.8 Å². The van der Waals surface area contributed by atoms with E-state index in [1.807, 2.05) is 12.1 Å². The minimum Gasteiger partial charge on any atom is -0.497 e. The first-order valence-electron chi connectivity index (χ1n) is 8.46. The summed E-state index contributed by atoms with van der Waals surface area (Å²) in [5, 5.41) is 2.91. The molecule has 2 rings (SSSR count). The SMILES string of the molecule is COc1ccc(OCC(=O)NCCCN2CCCC[C@H]2C)cc1. The van der Waals surface area contributed by atoms with E-state index in [0.29, 0.717) is 18.3 Å². The molecule has 1 aliphatic heterocycles. The summed E-state index contributed by atoms with van der Waals surface area (Å²) >= 11 is 0. The summed E-state index contributed by atoms with van der Waals surface area (Å²) in [6, 6.07) is 7.89. The fourth-order valence-electron chi connectivity index (χ4n) is 2.87. The van der Waals surface area contributed by atoms with Gasteiger partial charge in [0.1, 0.15) is 11.5 Å². The van der Waals surface area contributed by atoms with E-state index in [-0.39, 0.29) is 12.5 Å². The van der Waals surface area contributed by atoms with Gasteiger partial charge in [0.25, 0.3) is 5.91 Å². The van der Waals surface area contributed by atoms with Crippen molar-refractivity contribution in [3.05, 3.63) is 24.3 Å². The van der Waals surface area contributed by atoms with E-state index < -0.39 is 0 Å². The first-order chi connectivity index (χ1) is 11.2. The maximum absolute atomic E-state index is 11.8. The van der Waals surface area contributed by atoms with E-state index in [0.717, 1.165) is 18.7 Å². The number of hydrogen-bond acceptors (Lipinski definition) is 4. The van der Waals surface area contributed by atoms with Crippen LogP contribution >= 0.6 is 0 Å². The van der Waals surface area contributed by atoms with Gasteiger partial charge in [-0.15, -0.1) is 0 Å². The van der Waals surface area contributed by atoms with Crippen LogP contribution in [0.15, 0.2) is 24.3 Å². The molecule has 1 aromatic carbocycles. The van der Waals surface area contributed by atoms with Crippen LogP contribution in [0.5, 0.6) is 11.5 Å². The van der Waals surface area contributed by atoms with Gasteiger partial charge in [-0.3, -0.25) is 4.79 Å². The van der Waals surface area contributed by atoms with Crippen molar-refractivity contribution in [2.24, 2.45) is 0 Å². The van der Waals surface area contributed by atoms with Gasteiger partial charge in [-0.1, -0.05) is 6.42 Å². The van der Waals surface area contributed by atoms with Crippen molar-refractivity contribution in [3.8, 4) is 11.5 Å². The Balaban J connectivity index is 1.57. The van der Waals surface area contributed by atoms with Crippen molar-refractivity contribution in [1.29, 1.82) is 0 Å². The molecule has 1 saturated heterocycles. The minimum absolute atomic E-state index is 0.0481. The maximum Gasteiger partial charge on any atom is 0.257 e. The summed E-state index contributed by atoms with van der Waals surface area (Å²) in [6.45, 7) is 5.29. The number of hydrogen-bond donors (Lipinski definition) is 1. The molecule has 0 aliphatic carbocycles. The third kappa shape index (κ3) is 6.10. The highest BCUT2D eigenvalue weighted by molar-refractivity contribution is 5.77. The maximum atomic E-state index is 11.8. The third-order valence-electron chi connectivity index (χ3n) is 4.31. The number of nitrogens with one attached hydrogen (secondary N) is 1. The first kappa shape index (κ1) is 17.6. The monoisotopic (exact) mass is 320 g/mol. The zero-order valence-electron chi connectivity index (χ0n) is 14.2. The molecule has 1 heterocycles. The summed E-state index contributed by atoms with van der Waals surface area (Å²) in [7, 11) is 1.62. The third-order valence-corrected chi connectivity index (χ3v) is 4.31. The van der Waals surface area contributed by atoms with E-state index >= 15 is 0 Å². The number of piperidine rings is 1. The van der Waals surface area contributed by atoms with Crippen molar-refractivity contribution in [3.63, 3.8) is 0 Å². The highest BCUT2D eigenvalue weighted by Crippen LogP contribution is 2.17. The molecule has 1 aliphatic rings. The van der Waals surface area contributed by atoms with Crippen LogP contribution < -0.4 is 14.8 Å². The molecular formula is C18H28N2O3. The lowest BCUT2D eigenvalue weighted by molar-refractivity contribution is -0.123. The van der Waals surface area contributed by atoms with Crippen molar-refractivity contribution in [1.82, 2.24) is 10.2 Å². The van der Waals surface area contributed by atoms with Crippen LogP contribution in [0.25, 0.3) is 0 Å². The zero-order chi connectivity index (χ0) is 16.5. The van der Waals surface area contributed by atoms with Crippen LogP contribution in [0.1, 0.15) is 32.6 Å². The largest absolute Gasteiger partial charge is 0.497 e. The summed E-state index contributed by atoms with van der Waals surface area (Å²) in [4.78, 5) is 14.3. The van der Waals surface area contributed by atoms with Crippen molar-refractivity contribution >= 4 is 5.91 Å². The number of ether oxygens (including phenoxy) is 2. The van der Waals surface area contributed by atoms with Gasteiger partial charge in [0, 0.05) is 19.1 Å². The Kier molecular flexibility index (Phi) is 7.20. The Labute approximate surface area is 139 Å². The molecule has 0 aromatic heterocycles. The predicted octanol–water partition coefficient (Wildman–Crippen LogP) is 2.45. The number of carbonyl (C=O) groups is 1. The molecule has 5 heteroatoms. The Hall–Kier alpha value is -1.75. The van der Waals surface area contributed by atoms with Crippen LogP contribution in [0.2, 0.25) is 0 Å². The molecule has 1 aromatic rings. The molecule has 1 N–H and O–H groups in total. The lowest BCUT2D eigenvalue weighted by Gasteiger charge is -2.33. The van der Waals surface area contributed by atoms with Crippen LogP contribution in [0.4, 0.5) is 0 Å². The Morgan fingerprint density at radius 3 is 2.70 bits per heavy atom. The molecule has 1 amide bonds. The van der Waals surface area contributed by atoms with Crippen molar-refractivity contribution < 1.29 is 14.3 Å². The average molecular weight is 320 g/mol. The molecule has 23 heavy (non-hydrogen) atoms. The first-order valence-corrected chi connectivity index (χ1v) is 8.46. The van der Waals surface area contributed by atoms with Gasteiger partial charge in [0.05, 0.1) is 7.11 Å². The average Bonchev–Trinajstić information content (AvgIpc) is 2.59. The van der Waals surface area contributed by atoms with E-state index in [9.17, 15) is 4.79 Å². The number of carbonyl (C=O) groups excluding carboxylic acids is 1. The normalized spacial score (nSPS) is 18.4. The summed E-state index contributed by atoms with van der Waals surface area (Å²) in [5.74, 6) is 1.37. The van der Waals surface area contributed by atoms with Crippen LogP contribution in [0.3, 0.4) is 0 Å². The van der Waals surface area contributed by atoms with Crippen molar-refractivity contribution in [2.75, 3.05) is 33.4 Å². The van der Waals surface area contributed by atoms with Crippen LogP contribution in [-0.4, -0.2) is 50.2 Å². The Morgan fingerprint density at radius 1 is 1.26 bits per heavy atom. The molecule has 5 nitrogen and oxygen atoms in total. The predicted molar refractivity (Wildman–Crippen MR) is 91.0 cm³/mol. The molecule has 0 unspecified atom stereocenters. The number of benzene rings is 1. The van der Waals surface area contributed by atoms with Crippen LogP contribution in [0, 0.1) is 0 Å². The van der Waals surface area contributed by atoms with E-state index in [4.69, 9.17) is 9.47 Å². The van der Waals surface area contributed by atoms with E-state index in [1.54, 1.807) is 19.2 Å². The fourth-order valence-corrected chi connectivity index (χ4v) is 2.87. The van der Waals surface area contributed by atoms with Gasteiger partial charge in [0.15, 0.2) is 6.61 Å². The lowest BCUT2D eigenvalue weighted by Crippen LogP contribution is -2.39. The second kappa shape index (κ2) is 9.40. The second-order valence-electron chi connectivity index (χ2n) is 6.05. The molecule has 1 atom stereocenters. The highest BCUT2D eigenvalue weighted by atomic mass is 16.5. The number of likely N-dealkylation sites (tertiary alicyclic amines) is 1. The van der Waals surface area contributed by atoms with Gasteiger partial charge < -0.3 is 19.7 Å². The molecule has 0 spiro atoms. The lowest BCUT2D eigenvalue weighted by atomic mass is 10.0. The van der Waals surface area contributed by atoms with E-state index in [2.05, 4.69) is 17.1 Å². The van der Waals surface area contributed by atoms with Gasteiger partial charge in [-0.05, 0) is 57.0 Å². The topological polar surface area (TPSA) is 50.8 Å². The van der Waals surface area contributed by atoms with Crippen molar-refractivity contribution in [2.45, 2.75) is 38.6 Å². The van der Waals surface area contributed by atoms with Gasteiger partial charge >= 0.3 is 0 Å². The van der Waals surface area contributed by atoms with Crippen LogP contribution in [-0.2, 0) is 4.79 Å². The number of methoxy groups -OCH3 is 1. The highest BCUT2D eigenvalue weighted by Gasteiger charge is 2.17. The Morgan fingerprint density at radius 2 is 2.00 bits per heavy atom. The molecule has 0 bridgehead atoms. The standard InChI is InChI=1S/C18H28N2O3/c1-15-6-3-4-12-20(15)13-5-11-19-18(21)14-23-17-9-7-16(22-2)8-10-17/h7-10,15H,3-6,11-14H2,1-2H3,(H,19,21)/t15-/m1/s1. The fraction of sp³-hybridized carbons (Fsp3) is 0.611. The summed E-state index contributed by atoms with van der Waals surface area (Å²) < 4.78 is 10.5. The second-order valence-corrected chi connectivity index (χ2v) is 6.05. The number of nitrogens with zero attached hydrogens (tertiary/aromatic N) is 1. The quantitative estimate of drug-likeness (QED) is 0.748. The molecule has 128 valence electrons. The van der Waals surface area contributed by atoms with Gasteiger partial charge in [0.2, 0.25) is 0 Å². The minimum atomic E-state index is -0.0764. The number of amides is 1. The summed E-state index contributed by atoms with van der Waals surface area (Å²) in [5.41, 5.74) is 0. The molecule has 0 radical (unpaired) electrons. The molecule has 0 saturated carbocycles.